The maximum absolute atomic E-state index is 12.9. The molecule has 2 rings (SSSR count). The smallest absolute Gasteiger partial charge is 0.269 e. The van der Waals surface area contributed by atoms with Gasteiger partial charge in [-0.15, -0.1) is 0 Å². The van der Waals surface area contributed by atoms with Crippen LogP contribution in [0, 0.1) is 12.7 Å². The Hall–Kier alpha value is -2.17. The largest absolute Gasteiger partial charge is 0.397 e. The molecule has 0 aliphatic rings. The molecule has 2 N–H and O–H groups in total. The van der Waals surface area contributed by atoms with Crippen LogP contribution in [0.4, 0.5) is 10.1 Å². The third-order valence-corrected chi connectivity index (χ3v) is 2.52. The van der Waals surface area contributed by atoms with Gasteiger partial charge in [-0.05, 0) is 30.2 Å². The summed E-state index contributed by atoms with van der Waals surface area (Å²) in [6.45, 7) is 2.10. The standard InChI is InChI=1S/C12H12FN3O/c1-8-4-10(13)3-2-9(8)7-16-12(17)5-11(14)6-15-16/h2-6H,7,14H2,1H3. The molecule has 88 valence electrons. The lowest BCUT2D eigenvalue weighted by Crippen LogP contribution is -2.23. The summed E-state index contributed by atoms with van der Waals surface area (Å²) in [4.78, 5) is 11.6. The van der Waals surface area contributed by atoms with Crippen molar-refractivity contribution in [2.45, 2.75) is 13.5 Å². The Morgan fingerprint density at radius 2 is 2.18 bits per heavy atom. The summed E-state index contributed by atoms with van der Waals surface area (Å²) in [5.41, 5.74) is 7.15. The number of aromatic nitrogens is 2. The minimum absolute atomic E-state index is 0.270. The van der Waals surface area contributed by atoms with E-state index >= 15 is 0 Å². The van der Waals surface area contributed by atoms with Crippen LogP contribution in [0.3, 0.4) is 0 Å². The number of hydrogen-bond donors (Lipinski definition) is 1. The zero-order valence-electron chi connectivity index (χ0n) is 9.35. The summed E-state index contributed by atoms with van der Waals surface area (Å²) in [5, 5.41) is 3.92. The number of halogens is 1. The number of anilines is 1. The van der Waals surface area contributed by atoms with E-state index in [2.05, 4.69) is 5.10 Å². The average Bonchev–Trinajstić information content (AvgIpc) is 2.25. The Morgan fingerprint density at radius 1 is 1.41 bits per heavy atom. The van der Waals surface area contributed by atoms with Crippen LogP contribution in [0.15, 0.2) is 35.3 Å². The van der Waals surface area contributed by atoms with Crippen LogP contribution in [-0.2, 0) is 6.54 Å². The minimum Gasteiger partial charge on any atom is -0.397 e. The van der Waals surface area contributed by atoms with E-state index in [4.69, 9.17) is 5.73 Å². The molecular formula is C12H12FN3O. The van der Waals surface area contributed by atoms with Gasteiger partial charge in [0.1, 0.15) is 5.82 Å². The molecule has 0 unspecified atom stereocenters. The van der Waals surface area contributed by atoms with Crippen molar-refractivity contribution in [3.63, 3.8) is 0 Å². The second kappa shape index (κ2) is 4.37. The van der Waals surface area contributed by atoms with Gasteiger partial charge in [0.2, 0.25) is 0 Å². The molecule has 17 heavy (non-hydrogen) atoms. The number of aryl methyl sites for hydroxylation is 1. The first-order valence-corrected chi connectivity index (χ1v) is 5.14. The van der Waals surface area contributed by atoms with Gasteiger partial charge in [0.05, 0.1) is 18.4 Å². The van der Waals surface area contributed by atoms with Crippen molar-refractivity contribution in [3.05, 3.63) is 57.8 Å². The first kappa shape index (κ1) is 11.3. The Bertz CT molecular complexity index is 607. The highest BCUT2D eigenvalue weighted by Gasteiger charge is 2.03. The van der Waals surface area contributed by atoms with Crippen molar-refractivity contribution in [1.82, 2.24) is 9.78 Å². The molecule has 4 nitrogen and oxygen atoms in total. The first-order chi connectivity index (χ1) is 8.06. The Morgan fingerprint density at radius 3 is 2.82 bits per heavy atom. The highest BCUT2D eigenvalue weighted by atomic mass is 19.1. The van der Waals surface area contributed by atoms with E-state index in [0.717, 1.165) is 11.1 Å². The maximum atomic E-state index is 12.9. The molecule has 0 radical (unpaired) electrons. The summed E-state index contributed by atoms with van der Waals surface area (Å²) in [5.74, 6) is -0.288. The van der Waals surface area contributed by atoms with E-state index in [9.17, 15) is 9.18 Å². The van der Waals surface area contributed by atoms with Gasteiger partial charge >= 0.3 is 0 Å². The molecule has 0 spiro atoms. The molecule has 0 amide bonds. The van der Waals surface area contributed by atoms with Gasteiger partial charge in [-0.2, -0.15) is 5.10 Å². The fourth-order valence-electron chi connectivity index (χ4n) is 1.56. The quantitative estimate of drug-likeness (QED) is 0.851. The van der Waals surface area contributed by atoms with Gasteiger partial charge in [-0.3, -0.25) is 4.79 Å². The highest BCUT2D eigenvalue weighted by molar-refractivity contribution is 5.32. The lowest BCUT2D eigenvalue weighted by atomic mass is 10.1. The van der Waals surface area contributed by atoms with Crippen LogP contribution in [0.5, 0.6) is 0 Å². The Kier molecular flexibility index (Phi) is 2.91. The van der Waals surface area contributed by atoms with Crippen LogP contribution >= 0.6 is 0 Å². The molecule has 0 aliphatic heterocycles. The summed E-state index contributed by atoms with van der Waals surface area (Å²) in [6.07, 6.45) is 1.42. The topological polar surface area (TPSA) is 60.9 Å². The van der Waals surface area contributed by atoms with Gasteiger partial charge in [0.25, 0.3) is 5.56 Å². The minimum atomic E-state index is -0.288. The third-order valence-electron chi connectivity index (χ3n) is 2.52. The van der Waals surface area contributed by atoms with Crippen molar-refractivity contribution < 1.29 is 4.39 Å². The lowest BCUT2D eigenvalue weighted by molar-refractivity contribution is 0.616. The van der Waals surface area contributed by atoms with Crippen molar-refractivity contribution in [2.24, 2.45) is 0 Å². The molecule has 0 aliphatic carbocycles. The molecule has 0 bridgehead atoms. The number of nitrogens with zero attached hydrogens (tertiary/aromatic N) is 2. The van der Waals surface area contributed by atoms with Crippen LogP contribution in [-0.4, -0.2) is 9.78 Å². The SMILES string of the molecule is Cc1cc(F)ccc1Cn1ncc(N)cc1=O. The lowest BCUT2D eigenvalue weighted by Gasteiger charge is -2.07. The number of benzene rings is 1. The highest BCUT2D eigenvalue weighted by Crippen LogP contribution is 2.10. The van der Waals surface area contributed by atoms with Gasteiger partial charge in [-0.1, -0.05) is 6.07 Å². The zero-order valence-corrected chi connectivity index (χ0v) is 9.35. The average molecular weight is 233 g/mol. The van der Waals surface area contributed by atoms with Crippen molar-refractivity contribution in [1.29, 1.82) is 0 Å². The summed E-state index contributed by atoms with van der Waals surface area (Å²) in [6, 6.07) is 5.75. The molecule has 1 aromatic carbocycles. The van der Waals surface area contributed by atoms with E-state index in [1.165, 1.54) is 29.1 Å². The Balaban J connectivity index is 2.35. The van der Waals surface area contributed by atoms with Gasteiger partial charge < -0.3 is 5.73 Å². The van der Waals surface area contributed by atoms with Crippen molar-refractivity contribution in [2.75, 3.05) is 5.73 Å². The molecule has 0 saturated carbocycles. The summed E-state index contributed by atoms with van der Waals surface area (Å²) in [7, 11) is 0. The third kappa shape index (κ3) is 2.50. The van der Waals surface area contributed by atoms with Crippen LogP contribution in [0.25, 0.3) is 0 Å². The molecule has 1 aromatic heterocycles. The number of hydrogen-bond acceptors (Lipinski definition) is 3. The van der Waals surface area contributed by atoms with E-state index in [1.54, 1.807) is 13.0 Å². The van der Waals surface area contributed by atoms with Crippen molar-refractivity contribution >= 4 is 5.69 Å². The number of nitrogens with two attached hydrogens (primary N) is 1. The van der Waals surface area contributed by atoms with E-state index in [-0.39, 0.29) is 11.4 Å². The first-order valence-electron chi connectivity index (χ1n) is 5.14. The molecule has 0 atom stereocenters. The Labute approximate surface area is 97.5 Å². The predicted molar refractivity (Wildman–Crippen MR) is 63.1 cm³/mol. The second-order valence-electron chi connectivity index (χ2n) is 3.86. The molecule has 0 fully saturated rings. The van der Waals surface area contributed by atoms with Gasteiger partial charge in [0, 0.05) is 6.07 Å². The van der Waals surface area contributed by atoms with E-state index in [0.29, 0.717) is 12.2 Å². The maximum Gasteiger partial charge on any atom is 0.269 e. The van der Waals surface area contributed by atoms with Crippen LogP contribution in [0.1, 0.15) is 11.1 Å². The van der Waals surface area contributed by atoms with E-state index in [1.807, 2.05) is 0 Å². The number of nitrogen functional groups attached to an aromatic ring is 1. The molecular weight excluding hydrogens is 221 g/mol. The fraction of sp³-hybridized carbons (Fsp3) is 0.167. The molecule has 2 aromatic rings. The van der Waals surface area contributed by atoms with Crippen LogP contribution in [0.2, 0.25) is 0 Å². The monoisotopic (exact) mass is 233 g/mol. The van der Waals surface area contributed by atoms with Crippen molar-refractivity contribution in [3.8, 4) is 0 Å². The molecule has 1 heterocycles. The molecule has 5 heteroatoms. The van der Waals surface area contributed by atoms with Crippen LogP contribution < -0.4 is 11.3 Å². The van der Waals surface area contributed by atoms with Gasteiger partial charge in [-0.25, -0.2) is 9.07 Å². The van der Waals surface area contributed by atoms with E-state index < -0.39 is 0 Å². The second-order valence-corrected chi connectivity index (χ2v) is 3.86. The van der Waals surface area contributed by atoms with Gasteiger partial charge in [0.15, 0.2) is 0 Å². The normalized spacial score (nSPS) is 10.5. The summed E-state index contributed by atoms with van der Waals surface area (Å²) >= 11 is 0. The summed E-state index contributed by atoms with van der Waals surface area (Å²) < 4.78 is 14.2. The number of rotatable bonds is 2. The zero-order chi connectivity index (χ0) is 12.4. The fourth-order valence-corrected chi connectivity index (χ4v) is 1.56. The molecule has 0 saturated heterocycles. The predicted octanol–water partition coefficient (Wildman–Crippen LogP) is 1.32.